The molecule has 13 atom stereocenters. The summed E-state index contributed by atoms with van der Waals surface area (Å²) in [5.74, 6) is -17.7. The molecule has 4 aliphatic rings. The number of amides is 16. The number of hydrogen-bond donors (Lipinski definition) is 21. The highest BCUT2D eigenvalue weighted by Gasteiger charge is 2.55. The predicted molar refractivity (Wildman–Crippen MR) is 432 cm³/mol. The highest BCUT2D eigenvalue weighted by molar-refractivity contribution is 6.00. The minimum Gasteiger partial charge on any atom is -0.481 e. The highest BCUT2D eigenvalue weighted by atomic mass is 16.4. The van der Waals surface area contributed by atoms with Gasteiger partial charge in [0.1, 0.15) is 78.5 Å². The summed E-state index contributed by atoms with van der Waals surface area (Å²) in [6.07, 6.45) is 2.28. The van der Waals surface area contributed by atoms with Crippen molar-refractivity contribution in [2.45, 2.75) is 315 Å². The number of aliphatic carboxylic acids is 3. The zero-order valence-electron chi connectivity index (χ0n) is 70.8. The summed E-state index contributed by atoms with van der Waals surface area (Å²) >= 11 is 0. The standard InChI is InChI=1S/C79H134N18O22/c1-40(2)30-56(74(114)87-45(10)65(105)86-46(11)67(107)95-58(32-42(5)6)76(116)89-51(17-13-15-28-81)69(109)91-53(19-23-61(83)99)71(111)93-55(21-25-64(103)104)73(113)97-59(77(117)118)33-43(7)8)96-72(112)54(20-24-63(101)102)92-70(110)52(18-22-60(82)98)90-68(108)50(16-12-14-27-80)88-75(115)57(31-41(3)4)94-66(106)44(9)85-62(100)26-29-84-78(119)79-37-47-34-48(38-79)36-49(35-47)39-79/h40-59H,12-39,80-81H2,1-11H3,(H2,82,98)(H2,83,99)(H,84,119)(H,85,100)(H,86,105)(H,87,114)(H,88,115)(H,89,116)(H,90,108)(H,91,109)(H,92,110)(H,93,111)(H,94,106)(H,95,107)(H,96,112)(H,97,113)(H,101,102)(H,103,104)(H,117,118)/t44-,45-,46-,47?,48?,49?,50-,51-,52-,53-,54-,55-,56-,57-,58-,59-,79?/m0/s1. The molecule has 40 heteroatoms. The number of carboxylic acid groups (broad SMARTS) is 3. The smallest absolute Gasteiger partial charge is 0.326 e. The molecule has 4 fully saturated rings. The van der Waals surface area contributed by atoms with Crippen molar-refractivity contribution in [3.63, 3.8) is 0 Å². The minimum absolute atomic E-state index is 0.0294. The van der Waals surface area contributed by atoms with Gasteiger partial charge in [0.05, 0.1) is 0 Å². The van der Waals surface area contributed by atoms with E-state index in [0.717, 1.165) is 38.5 Å². The molecule has 0 aliphatic heterocycles. The first kappa shape index (κ1) is 103. The van der Waals surface area contributed by atoms with Crippen molar-refractivity contribution in [2.75, 3.05) is 19.6 Å². The van der Waals surface area contributed by atoms with Crippen LogP contribution in [0.4, 0.5) is 0 Å². The molecule has 25 N–H and O–H groups in total. The van der Waals surface area contributed by atoms with Gasteiger partial charge in [0.25, 0.3) is 0 Å². The SMILES string of the molecule is CC(C)C[C@H](NC(=O)[C@H](CCC(=O)O)NC(=O)[C@H](CCC(N)=O)NC(=O)[C@H](CCCCN)NC(=O)[C@H](CC(C)C)NC(=O)[C@H](C)NC(=O)[C@H](C)NC(=O)[C@H](CC(C)C)NC(=O)[C@H](CCC(=O)O)NC(=O)[C@H](CCC(N)=O)NC(=O)[C@H](CCCCN)NC(=O)[C@H](CC(C)C)NC(=O)[C@H](C)NC(=O)CCNC(=O)C12CC3CC(CC(C3)C1)C2)C(=O)O. The first-order valence-corrected chi connectivity index (χ1v) is 41.6. The van der Waals surface area contributed by atoms with E-state index >= 15 is 0 Å². The zero-order chi connectivity index (χ0) is 89.7. The van der Waals surface area contributed by atoms with Gasteiger partial charge < -0.3 is 113 Å². The molecular weight excluding hydrogens is 1550 g/mol. The van der Waals surface area contributed by atoms with E-state index in [9.17, 15) is 106 Å². The normalized spacial score (nSPS) is 19.1. The van der Waals surface area contributed by atoms with Gasteiger partial charge in [0, 0.05) is 44.1 Å². The third kappa shape index (κ3) is 37.8. The van der Waals surface area contributed by atoms with Crippen LogP contribution in [-0.4, -0.2) is 226 Å². The molecule has 0 aromatic heterocycles. The number of nitrogens with two attached hydrogens (primary N) is 4. The molecule has 0 unspecified atom stereocenters. The molecule has 4 saturated carbocycles. The molecule has 0 radical (unpaired) electrons. The largest absolute Gasteiger partial charge is 0.481 e. The lowest BCUT2D eigenvalue weighted by atomic mass is 9.49. The zero-order valence-corrected chi connectivity index (χ0v) is 70.8. The Morgan fingerprint density at radius 3 is 0.866 bits per heavy atom. The second-order valence-corrected chi connectivity index (χ2v) is 33.9. The van der Waals surface area contributed by atoms with Crippen molar-refractivity contribution in [3.05, 3.63) is 0 Å². The first-order valence-electron chi connectivity index (χ1n) is 41.6. The maximum Gasteiger partial charge on any atom is 0.326 e. The number of carbonyl (C=O) groups is 19. The highest BCUT2D eigenvalue weighted by Crippen LogP contribution is 2.60. The summed E-state index contributed by atoms with van der Waals surface area (Å²) in [6, 6.07) is -19.3. The molecule has 119 heavy (non-hydrogen) atoms. The lowest BCUT2D eigenvalue weighted by Crippen LogP contribution is -2.60. The lowest BCUT2D eigenvalue weighted by Gasteiger charge is -2.55. The van der Waals surface area contributed by atoms with Crippen LogP contribution in [0.1, 0.15) is 237 Å². The van der Waals surface area contributed by atoms with Crippen LogP contribution in [-0.2, 0) is 91.1 Å². The molecule has 0 heterocycles. The second-order valence-electron chi connectivity index (χ2n) is 33.9. The van der Waals surface area contributed by atoms with Gasteiger partial charge in [-0.25, -0.2) is 4.79 Å². The molecule has 672 valence electrons. The average molecular weight is 1690 g/mol. The molecule has 40 nitrogen and oxygen atoms in total. The quantitative estimate of drug-likeness (QED) is 0.0289. The molecule has 0 saturated heterocycles. The van der Waals surface area contributed by atoms with Crippen LogP contribution in [0.25, 0.3) is 0 Å². The maximum atomic E-state index is 14.4. The van der Waals surface area contributed by atoms with E-state index in [1.165, 1.54) is 20.8 Å². The van der Waals surface area contributed by atoms with Gasteiger partial charge in [-0.05, 0) is 204 Å². The molecule has 4 aliphatic carbocycles. The Kier molecular flexibility index (Phi) is 44.5. The molecular formula is C79H134N18O22. The van der Waals surface area contributed by atoms with Crippen LogP contribution in [0, 0.1) is 46.8 Å². The number of hydrogen-bond acceptors (Lipinski definition) is 21. The maximum absolute atomic E-state index is 14.4. The molecule has 0 aromatic carbocycles. The third-order valence-electron chi connectivity index (χ3n) is 21.1. The number of rotatable bonds is 58. The van der Waals surface area contributed by atoms with Crippen LogP contribution in [0.3, 0.4) is 0 Å². The monoisotopic (exact) mass is 1690 g/mol. The van der Waals surface area contributed by atoms with Crippen LogP contribution in [0.2, 0.25) is 0 Å². The van der Waals surface area contributed by atoms with E-state index in [1.807, 2.05) is 0 Å². The van der Waals surface area contributed by atoms with Crippen molar-refractivity contribution in [1.82, 2.24) is 74.4 Å². The number of primary amides is 2. The molecule has 4 rings (SSSR count). The third-order valence-corrected chi connectivity index (χ3v) is 21.1. The Morgan fingerprint density at radius 1 is 0.311 bits per heavy atom. The van der Waals surface area contributed by atoms with E-state index in [4.69, 9.17) is 22.9 Å². The molecule has 0 spiro atoms. The number of unbranched alkanes of at least 4 members (excludes halogenated alkanes) is 2. The van der Waals surface area contributed by atoms with Gasteiger partial charge >= 0.3 is 17.9 Å². The second kappa shape index (κ2) is 51.4. The molecule has 4 bridgehead atoms. The summed E-state index contributed by atoms with van der Waals surface area (Å²) in [4.78, 5) is 256. The van der Waals surface area contributed by atoms with Crippen LogP contribution in [0.15, 0.2) is 0 Å². The van der Waals surface area contributed by atoms with Crippen molar-refractivity contribution in [1.29, 1.82) is 0 Å². The van der Waals surface area contributed by atoms with E-state index in [0.29, 0.717) is 30.6 Å². The van der Waals surface area contributed by atoms with Gasteiger partial charge in [-0.15, -0.1) is 0 Å². The Balaban J connectivity index is 1.78. The Morgan fingerprint density at radius 2 is 0.563 bits per heavy atom. The van der Waals surface area contributed by atoms with Gasteiger partial charge in [0.15, 0.2) is 0 Å². The summed E-state index contributed by atoms with van der Waals surface area (Å²) in [5.41, 5.74) is 22.0. The first-order chi connectivity index (χ1) is 55.8. The van der Waals surface area contributed by atoms with Gasteiger partial charge in [-0.3, -0.25) is 86.3 Å². The van der Waals surface area contributed by atoms with Crippen LogP contribution in [0.5, 0.6) is 0 Å². The molecule has 16 amide bonds. The predicted octanol–water partition coefficient (Wildman–Crippen LogP) is -2.14. The van der Waals surface area contributed by atoms with Gasteiger partial charge in [-0.2, -0.15) is 0 Å². The summed E-state index contributed by atoms with van der Waals surface area (Å²) in [7, 11) is 0. The molecule has 0 aromatic rings. The van der Waals surface area contributed by atoms with Gasteiger partial charge in [0.2, 0.25) is 94.5 Å². The number of nitrogens with one attached hydrogen (secondary N) is 14. The fourth-order valence-electron chi connectivity index (χ4n) is 15.3. The Bertz CT molecular complexity index is 3490. The number of carboxylic acids is 3. The van der Waals surface area contributed by atoms with Crippen LogP contribution < -0.4 is 97.4 Å². The van der Waals surface area contributed by atoms with Crippen molar-refractivity contribution in [3.8, 4) is 0 Å². The minimum atomic E-state index is -1.76. The summed E-state index contributed by atoms with van der Waals surface area (Å²) in [6.45, 7) is 18.1. The summed E-state index contributed by atoms with van der Waals surface area (Å²) < 4.78 is 0. The fourth-order valence-corrected chi connectivity index (χ4v) is 15.3. The van der Waals surface area contributed by atoms with Crippen molar-refractivity contribution < 1.29 is 106 Å². The topological polar surface area (TPSA) is 658 Å². The van der Waals surface area contributed by atoms with Crippen LogP contribution >= 0.6 is 0 Å². The van der Waals surface area contributed by atoms with Crippen molar-refractivity contribution >= 4 is 112 Å². The lowest BCUT2D eigenvalue weighted by molar-refractivity contribution is -0.146. The summed E-state index contributed by atoms with van der Waals surface area (Å²) in [5, 5.41) is 64.6. The number of carbonyl (C=O) groups excluding carboxylic acids is 16. The fraction of sp³-hybridized carbons (Fsp3) is 0.759. The Labute approximate surface area is 695 Å². The average Bonchev–Trinajstić information content (AvgIpc) is 0.741. The Hall–Kier alpha value is -10.2. The van der Waals surface area contributed by atoms with E-state index < -0.39 is 242 Å². The van der Waals surface area contributed by atoms with E-state index in [-0.39, 0.29) is 107 Å². The van der Waals surface area contributed by atoms with E-state index in [2.05, 4.69) is 74.4 Å². The van der Waals surface area contributed by atoms with Gasteiger partial charge in [-0.1, -0.05) is 55.4 Å². The van der Waals surface area contributed by atoms with Crippen molar-refractivity contribution in [2.24, 2.45) is 69.8 Å². The van der Waals surface area contributed by atoms with E-state index in [1.54, 1.807) is 55.4 Å².